The van der Waals surface area contributed by atoms with Crippen LogP contribution < -0.4 is 0 Å². The molecule has 4 heteroatoms. The third-order valence-electron chi connectivity index (χ3n) is 1.78. The molecule has 1 rings (SSSR count). The minimum Gasteiger partial charge on any atom is -0.382 e. The molecule has 0 bridgehead atoms. The molecule has 1 aromatic rings. The number of aryl methyl sites for hydroxylation is 1. The first-order valence-corrected chi connectivity index (χ1v) is 4.80. The lowest BCUT2D eigenvalue weighted by atomic mass is 10.3. The van der Waals surface area contributed by atoms with Gasteiger partial charge in [-0.15, -0.1) is 11.3 Å². The van der Waals surface area contributed by atoms with Crippen LogP contribution in [0.3, 0.4) is 0 Å². The maximum absolute atomic E-state index is 9.75. The molecule has 0 amide bonds. The topological polar surface area (TPSA) is 38.7 Å². The van der Waals surface area contributed by atoms with Crippen molar-refractivity contribution >= 4 is 11.3 Å². The lowest BCUT2D eigenvalue weighted by Gasteiger charge is -2.18. The number of hydrogen-bond acceptors (Lipinski definition) is 4. The summed E-state index contributed by atoms with van der Waals surface area (Å²) >= 11 is 1.54. The molecule has 74 valence electrons. The molecule has 0 aliphatic rings. The second-order valence-corrected chi connectivity index (χ2v) is 4.05. The Balaban J connectivity index is 2.71. The van der Waals surface area contributed by atoms with E-state index in [1.165, 1.54) is 19.1 Å². The quantitative estimate of drug-likeness (QED) is 0.755. The summed E-state index contributed by atoms with van der Waals surface area (Å²) in [6.45, 7) is 2.00. The summed E-state index contributed by atoms with van der Waals surface area (Å²) < 4.78 is 9.92. The van der Waals surface area contributed by atoms with E-state index in [-0.39, 0.29) is 0 Å². The largest absolute Gasteiger partial charge is 0.382 e. The van der Waals surface area contributed by atoms with Crippen molar-refractivity contribution in [2.75, 3.05) is 14.2 Å². The van der Waals surface area contributed by atoms with E-state index in [9.17, 15) is 5.11 Å². The van der Waals surface area contributed by atoms with Gasteiger partial charge >= 0.3 is 0 Å². The van der Waals surface area contributed by atoms with Gasteiger partial charge in [-0.1, -0.05) is 0 Å². The maximum atomic E-state index is 9.75. The Hall–Kier alpha value is -0.420. The highest BCUT2D eigenvalue weighted by Crippen LogP contribution is 2.26. The molecule has 1 aromatic heterocycles. The summed E-state index contributed by atoms with van der Waals surface area (Å²) in [5.74, 6) is 0. The van der Waals surface area contributed by atoms with Gasteiger partial charge in [-0.05, 0) is 19.1 Å². The Labute approximate surface area is 81.9 Å². The van der Waals surface area contributed by atoms with Crippen LogP contribution in [-0.4, -0.2) is 25.6 Å². The van der Waals surface area contributed by atoms with Gasteiger partial charge in [0.1, 0.15) is 6.10 Å². The second-order valence-electron chi connectivity index (χ2n) is 2.73. The number of methoxy groups -OCH3 is 2. The van der Waals surface area contributed by atoms with E-state index in [1.54, 1.807) is 11.3 Å². The van der Waals surface area contributed by atoms with Gasteiger partial charge in [0.25, 0.3) is 0 Å². The highest BCUT2D eigenvalue weighted by molar-refractivity contribution is 7.12. The molecule has 1 unspecified atom stereocenters. The van der Waals surface area contributed by atoms with Gasteiger partial charge in [0, 0.05) is 24.0 Å². The molecule has 1 atom stereocenters. The minimum absolute atomic E-state index is 0.585. The molecule has 0 spiro atoms. The average Bonchev–Trinajstić information content (AvgIpc) is 2.54. The SMILES string of the molecule is COC(OC)C(O)c1ccc(C)s1. The number of hydrogen-bond donors (Lipinski definition) is 1. The first kappa shape index (κ1) is 10.7. The zero-order valence-corrected chi connectivity index (χ0v) is 8.80. The third-order valence-corrected chi connectivity index (χ3v) is 2.85. The van der Waals surface area contributed by atoms with E-state index in [2.05, 4.69) is 0 Å². The van der Waals surface area contributed by atoms with Gasteiger partial charge in [-0.2, -0.15) is 0 Å². The zero-order valence-electron chi connectivity index (χ0n) is 7.98. The van der Waals surface area contributed by atoms with Gasteiger partial charge < -0.3 is 14.6 Å². The van der Waals surface area contributed by atoms with Crippen molar-refractivity contribution < 1.29 is 14.6 Å². The van der Waals surface area contributed by atoms with Crippen molar-refractivity contribution in [1.29, 1.82) is 0 Å². The molecule has 0 radical (unpaired) electrons. The monoisotopic (exact) mass is 202 g/mol. The fourth-order valence-electron chi connectivity index (χ4n) is 1.10. The molecule has 13 heavy (non-hydrogen) atoms. The van der Waals surface area contributed by atoms with Crippen molar-refractivity contribution in [2.45, 2.75) is 19.3 Å². The van der Waals surface area contributed by atoms with E-state index in [4.69, 9.17) is 9.47 Å². The van der Waals surface area contributed by atoms with E-state index < -0.39 is 12.4 Å². The molecule has 0 fully saturated rings. The van der Waals surface area contributed by atoms with Crippen LogP contribution in [0.25, 0.3) is 0 Å². The van der Waals surface area contributed by atoms with Gasteiger partial charge in [0.15, 0.2) is 6.29 Å². The van der Waals surface area contributed by atoms with Crippen molar-refractivity contribution in [2.24, 2.45) is 0 Å². The molecule has 0 aromatic carbocycles. The summed E-state index contributed by atoms with van der Waals surface area (Å²) in [6.07, 6.45) is -1.29. The molecule has 1 heterocycles. The minimum atomic E-state index is -0.700. The van der Waals surface area contributed by atoms with Crippen LogP contribution in [0.5, 0.6) is 0 Å². The standard InChI is InChI=1S/C9H14O3S/c1-6-4-5-7(13-6)8(10)9(11-2)12-3/h4-5,8-10H,1-3H3. The average molecular weight is 202 g/mol. The van der Waals surface area contributed by atoms with Gasteiger partial charge in [0.2, 0.25) is 0 Å². The van der Waals surface area contributed by atoms with Crippen molar-refractivity contribution in [3.63, 3.8) is 0 Å². The lowest BCUT2D eigenvalue weighted by Crippen LogP contribution is -2.21. The zero-order chi connectivity index (χ0) is 9.84. The number of aliphatic hydroxyl groups excluding tert-OH is 1. The molecule has 0 aliphatic heterocycles. The van der Waals surface area contributed by atoms with Crippen LogP contribution in [0.15, 0.2) is 12.1 Å². The van der Waals surface area contributed by atoms with Crippen LogP contribution in [0.1, 0.15) is 15.9 Å². The Morgan fingerprint density at radius 1 is 1.31 bits per heavy atom. The molecule has 0 aliphatic carbocycles. The molecular formula is C9H14O3S. The summed E-state index contributed by atoms with van der Waals surface area (Å²) in [4.78, 5) is 2.03. The van der Waals surface area contributed by atoms with Crippen molar-refractivity contribution in [3.05, 3.63) is 21.9 Å². The molecule has 0 saturated carbocycles. The Morgan fingerprint density at radius 2 is 1.92 bits per heavy atom. The summed E-state index contributed by atoms with van der Waals surface area (Å²) in [5, 5.41) is 9.75. The Kier molecular flexibility index (Phi) is 3.87. The number of ether oxygens (including phenoxy) is 2. The number of aliphatic hydroxyl groups is 1. The lowest BCUT2D eigenvalue weighted by molar-refractivity contribution is -0.165. The third kappa shape index (κ3) is 2.51. The molecular weight excluding hydrogens is 188 g/mol. The van der Waals surface area contributed by atoms with E-state index in [0.717, 1.165) is 4.88 Å². The summed E-state index contributed by atoms with van der Waals surface area (Å²) in [7, 11) is 3.02. The van der Waals surface area contributed by atoms with Gasteiger partial charge in [-0.3, -0.25) is 0 Å². The fourth-order valence-corrected chi connectivity index (χ4v) is 1.98. The summed E-state index contributed by atoms with van der Waals surface area (Å²) in [5.41, 5.74) is 0. The first-order valence-electron chi connectivity index (χ1n) is 3.99. The normalized spacial score (nSPS) is 13.6. The predicted molar refractivity (Wildman–Crippen MR) is 51.8 cm³/mol. The second kappa shape index (κ2) is 4.72. The summed E-state index contributed by atoms with van der Waals surface area (Å²) in [6, 6.07) is 3.85. The van der Waals surface area contributed by atoms with Crippen LogP contribution in [0.4, 0.5) is 0 Å². The highest BCUT2D eigenvalue weighted by Gasteiger charge is 2.20. The van der Waals surface area contributed by atoms with Gasteiger partial charge in [0.05, 0.1) is 0 Å². The van der Waals surface area contributed by atoms with Crippen LogP contribution in [0, 0.1) is 6.92 Å². The van der Waals surface area contributed by atoms with Crippen LogP contribution >= 0.6 is 11.3 Å². The fraction of sp³-hybridized carbons (Fsp3) is 0.556. The predicted octanol–water partition coefficient (Wildman–Crippen LogP) is 1.71. The van der Waals surface area contributed by atoms with Gasteiger partial charge in [-0.25, -0.2) is 0 Å². The Morgan fingerprint density at radius 3 is 2.31 bits per heavy atom. The Bertz CT molecular complexity index is 255. The van der Waals surface area contributed by atoms with Crippen LogP contribution in [0.2, 0.25) is 0 Å². The van der Waals surface area contributed by atoms with Crippen LogP contribution in [-0.2, 0) is 9.47 Å². The highest BCUT2D eigenvalue weighted by atomic mass is 32.1. The molecule has 3 nitrogen and oxygen atoms in total. The smallest absolute Gasteiger partial charge is 0.187 e. The molecule has 0 saturated heterocycles. The maximum Gasteiger partial charge on any atom is 0.187 e. The van der Waals surface area contributed by atoms with E-state index in [0.29, 0.717) is 0 Å². The first-order chi connectivity index (χ1) is 6.19. The number of thiophene rings is 1. The van der Waals surface area contributed by atoms with E-state index >= 15 is 0 Å². The van der Waals surface area contributed by atoms with E-state index in [1.807, 2.05) is 19.1 Å². The number of rotatable bonds is 4. The molecule has 1 N–H and O–H groups in total. The van der Waals surface area contributed by atoms with Crippen molar-refractivity contribution in [1.82, 2.24) is 0 Å². The van der Waals surface area contributed by atoms with Crippen molar-refractivity contribution in [3.8, 4) is 0 Å².